The van der Waals surface area contributed by atoms with Crippen molar-refractivity contribution in [3.8, 4) is 22.8 Å². The lowest BCUT2D eigenvalue weighted by Crippen LogP contribution is -2.25. The van der Waals surface area contributed by atoms with Crippen LogP contribution in [0.3, 0.4) is 0 Å². The first-order chi connectivity index (χ1) is 21.3. The van der Waals surface area contributed by atoms with Gasteiger partial charge in [0.25, 0.3) is 20.2 Å². The lowest BCUT2D eigenvalue weighted by molar-refractivity contribution is 0.223. The van der Waals surface area contributed by atoms with Gasteiger partial charge < -0.3 is 43.5 Å². The standard InChI is InChI=1S/C24H28N12O8S2/c1-9(37)29-23-33-19(31-21(27)35-23)11-3-5-13(15(7-11)45(39,40)41)17(25)18(26)14-6-4-12(8-16(14)46(42,43)44)20-32-22(28)36-24(34-20)30-10(2)38/h3-10,17,26,37-38H,25H2,1-2H3,(H,39,40,41)(H,42,43,44)(H3,27,29,31,33,35)(H3,28,30,32,34,36). The second kappa shape index (κ2) is 12.8. The zero-order valence-corrected chi connectivity index (χ0v) is 25.5. The second-order valence-electron chi connectivity index (χ2n) is 9.63. The maximum absolute atomic E-state index is 12.5. The summed E-state index contributed by atoms with van der Waals surface area (Å²) in [7, 11) is -10.1. The lowest BCUT2D eigenvalue weighted by atomic mass is 9.95. The first-order valence-electron chi connectivity index (χ1n) is 12.8. The number of nitrogen functional groups attached to an aromatic ring is 2. The maximum Gasteiger partial charge on any atom is 0.295 e. The van der Waals surface area contributed by atoms with Gasteiger partial charge in [0.15, 0.2) is 11.6 Å². The van der Waals surface area contributed by atoms with Crippen LogP contribution in [0.5, 0.6) is 0 Å². The van der Waals surface area contributed by atoms with Gasteiger partial charge in [-0.15, -0.1) is 0 Å². The van der Waals surface area contributed by atoms with Gasteiger partial charge in [0.1, 0.15) is 17.4 Å². The first-order valence-corrected chi connectivity index (χ1v) is 15.7. The number of rotatable bonds is 11. The van der Waals surface area contributed by atoms with Crippen molar-refractivity contribution in [2.24, 2.45) is 5.73 Å². The van der Waals surface area contributed by atoms with Crippen molar-refractivity contribution in [1.82, 2.24) is 29.9 Å². The molecule has 20 nitrogen and oxygen atoms in total. The Morgan fingerprint density at radius 1 is 0.739 bits per heavy atom. The highest BCUT2D eigenvalue weighted by molar-refractivity contribution is 7.86. The van der Waals surface area contributed by atoms with Crippen molar-refractivity contribution in [3.63, 3.8) is 0 Å². The van der Waals surface area contributed by atoms with Crippen molar-refractivity contribution < 1.29 is 36.2 Å². The highest BCUT2D eigenvalue weighted by Gasteiger charge is 2.28. The molecule has 2 heterocycles. The average molecular weight is 677 g/mol. The number of nitrogens with one attached hydrogen (secondary N) is 3. The van der Waals surface area contributed by atoms with Gasteiger partial charge in [0.05, 0.1) is 16.6 Å². The number of hydrogen-bond acceptors (Lipinski definition) is 18. The van der Waals surface area contributed by atoms with Crippen LogP contribution in [-0.2, 0) is 20.2 Å². The summed E-state index contributed by atoms with van der Waals surface area (Å²) in [5, 5.41) is 32.8. The summed E-state index contributed by atoms with van der Waals surface area (Å²) in [6.07, 6.45) is -2.15. The van der Waals surface area contributed by atoms with Crippen molar-refractivity contribution in [1.29, 1.82) is 5.41 Å². The third-order valence-electron chi connectivity index (χ3n) is 5.99. The van der Waals surface area contributed by atoms with Crippen LogP contribution in [0.15, 0.2) is 46.2 Å². The van der Waals surface area contributed by atoms with Crippen molar-refractivity contribution in [2.45, 2.75) is 42.1 Å². The van der Waals surface area contributed by atoms with E-state index in [0.717, 1.165) is 24.3 Å². The fraction of sp³-hybridized carbons (Fsp3) is 0.208. The molecule has 3 unspecified atom stereocenters. The minimum absolute atomic E-state index is 0.00421. The Morgan fingerprint density at radius 2 is 1.17 bits per heavy atom. The van der Waals surface area contributed by atoms with E-state index in [2.05, 4.69) is 40.5 Å². The molecule has 0 aliphatic heterocycles. The predicted molar refractivity (Wildman–Crippen MR) is 163 cm³/mol. The van der Waals surface area contributed by atoms with E-state index in [4.69, 9.17) is 22.6 Å². The molecule has 3 atom stereocenters. The summed E-state index contributed by atoms with van der Waals surface area (Å²) in [6.45, 7) is 2.77. The van der Waals surface area contributed by atoms with Crippen LogP contribution in [0.4, 0.5) is 23.8 Å². The van der Waals surface area contributed by atoms with Crippen LogP contribution < -0.4 is 27.8 Å². The average Bonchev–Trinajstić information content (AvgIpc) is 2.93. The van der Waals surface area contributed by atoms with Gasteiger partial charge in [-0.3, -0.25) is 9.11 Å². The van der Waals surface area contributed by atoms with E-state index < -0.39 is 59.8 Å². The topological polar surface area (TPSA) is 353 Å². The monoisotopic (exact) mass is 676 g/mol. The smallest absolute Gasteiger partial charge is 0.295 e. The normalized spacial score (nSPS) is 13.9. The molecule has 0 saturated carbocycles. The number of benzene rings is 2. The predicted octanol–water partition coefficient (Wildman–Crippen LogP) is -0.383. The molecule has 0 aliphatic rings. The van der Waals surface area contributed by atoms with Crippen LogP contribution in [0.1, 0.15) is 31.0 Å². The number of aromatic nitrogens is 6. The summed E-state index contributed by atoms with van der Waals surface area (Å²) >= 11 is 0. The molecule has 13 N–H and O–H groups in total. The summed E-state index contributed by atoms with van der Waals surface area (Å²) in [5.74, 6) is -1.13. The molecule has 0 amide bonds. The van der Waals surface area contributed by atoms with Crippen LogP contribution in [0, 0.1) is 5.41 Å². The summed E-state index contributed by atoms with van der Waals surface area (Å²) in [4.78, 5) is 22.1. The number of nitrogens with zero attached hydrogens (tertiary/aromatic N) is 6. The molecule has 0 bridgehead atoms. The molecule has 46 heavy (non-hydrogen) atoms. The Morgan fingerprint density at radius 3 is 1.61 bits per heavy atom. The molecule has 22 heteroatoms. The molecule has 0 saturated heterocycles. The summed E-state index contributed by atoms with van der Waals surface area (Å²) < 4.78 is 69.9. The molecule has 2 aromatic heterocycles. The van der Waals surface area contributed by atoms with E-state index in [1.807, 2.05) is 0 Å². The zero-order chi connectivity index (χ0) is 34.1. The third kappa shape index (κ3) is 7.81. The Hall–Kier alpha value is -4.97. The molecule has 244 valence electrons. The van der Waals surface area contributed by atoms with Crippen LogP contribution in [-0.4, -0.2) is 84.2 Å². The van der Waals surface area contributed by atoms with Gasteiger partial charge in [0.2, 0.25) is 23.8 Å². The fourth-order valence-corrected chi connectivity index (χ4v) is 5.62. The third-order valence-corrected chi connectivity index (χ3v) is 7.79. The van der Waals surface area contributed by atoms with E-state index in [-0.39, 0.29) is 52.1 Å². The Kier molecular flexibility index (Phi) is 9.43. The van der Waals surface area contributed by atoms with E-state index in [1.54, 1.807) is 0 Å². The number of anilines is 4. The minimum atomic E-state index is -5.04. The maximum atomic E-state index is 12.5. The van der Waals surface area contributed by atoms with E-state index >= 15 is 0 Å². The Labute approximate surface area is 261 Å². The molecule has 0 radical (unpaired) electrons. The first kappa shape index (κ1) is 33.9. The Balaban J connectivity index is 1.79. The van der Waals surface area contributed by atoms with E-state index in [9.17, 15) is 36.2 Å². The van der Waals surface area contributed by atoms with Crippen molar-refractivity contribution in [2.75, 3.05) is 22.1 Å². The number of aliphatic hydroxyl groups is 2. The fourth-order valence-electron chi connectivity index (χ4n) is 4.12. The van der Waals surface area contributed by atoms with Gasteiger partial charge in [-0.05, 0) is 31.5 Å². The van der Waals surface area contributed by atoms with Crippen molar-refractivity contribution >= 4 is 49.7 Å². The number of nitrogens with two attached hydrogens (primary N) is 3. The van der Waals surface area contributed by atoms with Gasteiger partial charge >= 0.3 is 0 Å². The van der Waals surface area contributed by atoms with Crippen LogP contribution in [0.2, 0.25) is 0 Å². The van der Waals surface area contributed by atoms with Gasteiger partial charge in [0, 0.05) is 16.7 Å². The second-order valence-corrected chi connectivity index (χ2v) is 12.4. The Bertz CT molecular complexity index is 2040. The SMILES string of the molecule is CC(O)Nc1nc(N)nc(-c2ccc(C(=N)C(N)c3ccc(-c4nc(N)nc(NC(C)O)n4)cc3S(=O)(=O)O)c(S(=O)(=O)O)c2)n1. The zero-order valence-electron chi connectivity index (χ0n) is 23.8. The van der Waals surface area contributed by atoms with E-state index in [0.29, 0.717) is 0 Å². The highest BCUT2D eigenvalue weighted by Crippen LogP contribution is 2.32. The largest absolute Gasteiger partial charge is 0.374 e. The molecule has 0 spiro atoms. The van der Waals surface area contributed by atoms with Gasteiger partial charge in [-0.2, -0.15) is 46.7 Å². The van der Waals surface area contributed by atoms with Crippen molar-refractivity contribution in [3.05, 3.63) is 47.5 Å². The van der Waals surface area contributed by atoms with Gasteiger partial charge in [-0.25, -0.2) is 0 Å². The quantitative estimate of drug-likeness (QED) is 0.0549. The summed E-state index contributed by atoms with van der Waals surface area (Å²) in [6, 6.07) is 5.04. The number of aliphatic hydroxyl groups excluding tert-OH is 2. The molecule has 2 aromatic carbocycles. The molecule has 0 fully saturated rings. The van der Waals surface area contributed by atoms with Crippen LogP contribution in [0.25, 0.3) is 22.8 Å². The highest BCUT2D eigenvalue weighted by atomic mass is 32.2. The molecule has 4 rings (SSSR count). The molecular weight excluding hydrogens is 648 g/mol. The summed E-state index contributed by atoms with van der Waals surface area (Å²) in [5.41, 5.74) is 16.3. The van der Waals surface area contributed by atoms with Gasteiger partial charge in [-0.1, -0.05) is 24.3 Å². The van der Waals surface area contributed by atoms with E-state index in [1.165, 1.54) is 26.0 Å². The lowest BCUT2D eigenvalue weighted by Gasteiger charge is -2.19. The molecule has 0 aliphatic carbocycles. The number of hydrogen-bond donors (Lipinski definition) is 10. The minimum Gasteiger partial charge on any atom is -0.374 e. The van der Waals surface area contributed by atoms with Crippen LogP contribution >= 0.6 is 0 Å². The molecule has 4 aromatic rings. The molecular formula is C24H28N12O8S2.